The molecule has 3 amide bonds. The van der Waals surface area contributed by atoms with E-state index in [4.69, 9.17) is 0 Å². The van der Waals surface area contributed by atoms with Gasteiger partial charge in [0.05, 0.1) is 18.5 Å². The number of nitrogens with zero attached hydrogens (tertiary/aromatic N) is 1. The van der Waals surface area contributed by atoms with Crippen LogP contribution in [0.4, 0.5) is 5.69 Å². The number of rotatable bonds is 15. The van der Waals surface area contributed by atoms with Gasteiger partial charge in [0, 0.05) is 17.5 Å². The van der Waals surface area contributed by atoms with E-state index < -0.39 is 18.1 Å². The molecule has 0 heterocycles. The van der Waals surface area contributed by atoms with E-state index in [1.807, 2.05) is 107 Å². The lowest BCUT2D eigenvalue weighted by Gasteiger charge is -2.30. The van der Waals surface area contributed by atoms with Crippen molar-refractivity contribution in [2.24, 2.45) is 0 Å². The van der Waals surface area contributed by atoms with Gasteiger partial charge < -0.3 is 26.0 Å². The number of amides is 3. The number of aryl methyl sites for hydroxylation is 3. The van der Waals surface area contributed by atoms with Crippen molar-refractivity contribution in [3.8, 4) is 0 Å². The van der Waals surface area contributed by atoms with Crippen LogP contribution in [0.2, 0.25) is 0 Å². The van der Waals surface area contributed by atoms with E-state index in [2.05, 4.69) is 16.0 Å². The maximum Gasteiger partial charge on any atom is 0.254 e. The lowest BCUT2D eigenvalue weighted by molar-refractivity contribution is -0.144. The second-order valence-corrected chi connectivity index (χ2v) is 12.5. The highest BCUT2D eigenvalue weighted by Gasteiger charge is 2.32. The van der Waals surface area contributed by atoms with E-state index in [1.165, 1.54) is 16.7 Å². The summed E-state index contributed by atoms with van der Waals surface area (Å²) in [6.07, 6.45) is -1.31. The number of thioether (sulfide) groups is 1. The van der Waals surface area contributed by atoms with Gasteiger partial charge in [0.2, 0.25) is 11.8 Å². The van der Waals surface area contributed by atoms with Crippen molar-refractivity contribution in [3.63, 3.8) is 0 Å². The first-order valence-corrected chi connectivity index (χ1v) is 15.6. The molecule has 0 unspecified atom stereocenters. The summed E-state index contributed by atoms with van der Waals surface area (Å²) in [6.45, 7) is 10.0. The first-order chi connectivity index (χ1) is 20.5. The highest BCUT2D eigenvalue weighted by Crippen LogP contribution is 2.19. The van der Waals surface area contributed by atoms with Gasteiger partial charge in [-0.1, -0.05) is 86.6 Å². The second kappa shape index (κ2) is 16.7. The number of benzene rings is 3. The van der Waals surface area contributed by atoms with E-state index in [1.54, 1.807) is 0 Å². The molecule has 0 aromatic heterocycles. The van der Waals surface area contributed by atoms with Gasteiger partial charge in [-0.3, -0.25) is 14.4 Å². The van der Waals surface area contributed by atoms with Crippen molar-refractivity contribution in [2.45, 2.75) is 65.0 Å². The standard InChI is InChI=1S/C34H44N4O4S/c1-23(2)43-22-38(21-31(40)35-19-28-17-10-9-12-24(28)3)34(42)33(41)29(18-27-15-7-6-8-16-27)37-30(39)20-36-32-25(4)13-11-14-26(32)5/h6-17,23,29,33,36,41H,18-22H2,1-5H3,(H,35,40)(H,37,39)/t29-,33-/m0/s1. The molecule has 2 atom stereocenters. The minimum absolute atomic E-state index is 0.0217. The van der Waals surface area contributed by atoms with Gasteiger partial charge in [-0.15, -0.1) is 11.8 Å². The third-order valence-corrected chi connectivity index (χ3v) is 8.26. The normalized spacial score (nSPS) is 12.3. The summed E-state index contributed by atoms with van der Waals surface area (Å²) < 4.78 is 0. The Morgan fingerprint density at radius 1 is 0.837 bits per heavy atom. The van der Waals surface area contributed by atoms with Crippen LogP contribution in [-0.2, 0) is 27.3 Å². The number of nitrogens with one attached hydrogen (secondary N) is 3. The molecule has 8 nitrogen and oxygen atoms in total. The van der Waals surface area contributed by atoms with Gasteiger partial charge >= 0.3 is 0 Å². The number of hydrogen-bond donors (Lipinski definition) is 4. The Kier molecular flexibility index (Phi) is 13.1. The third-order valence-electron chi connectivity index (χ3n) is 7.13. The molecule has 9 heteroatoms. The van der Waals surface area contributed by atoms with Gasteiger partial charge in [-0.05, 0) is 55.0 Å². The van der Waals surface area contributed by atoms with Crippen LogP contribution in [-0.4, -0.2) is 64.1 Å². The molecule has 3 aromatic carbocycles. The minimum Gasteiger partial charge on any atom is -0.381 e. The van der Waals surface area contributed by atoms with Crippen LogP contribution in [0.3, 0.4) is 0 Å². The fraction of sp³-hybridized carbons (Fsp3) is 0.382. The van der Waals surface area contributed by atoms with Crippen molar-refractivity contribution in [1.82, 2.24) is 15.5 Å². The van der Waals surface area contributed by atoms with Gasteiger partial charge in [-0.2, -0.15) is 0 Å². The average Bonchev–Trinajstić information content (AvgIpc) is 2.98. The maximum absolute atomic E-state index is 13.7. The highest BCUT2D eigenvalue weighted by atomic mass is 32.2. The summed E-state index contributed by atoms with van der Waals surface area (Å²) in [5.41, 5.74) is 5.83. The predicted molar refractivity (Wildman–Crippen MR) is 175 cm³/mol. The topological polar surface area (TPSA) is 111 Å². The molecular weight excluding hydrogens is 560 g/mol. The Balaban J connectivity index is 1.73. The number of aliphatic hydroxyl groups excluding tert-OH is 1. The molecule has 0 spiro atoms. The molecule has 230 valence electrons. The van der Waals surface area contributed by atoms with Gasteiger partial charge in [0.25, 0.3) is 5.91 Å². The molecule has 0 aliphatic carbocycles. The van der Waals surface area contributed by atoms with Crippen LogP contribution in [0.15, 0.2) is 72.8 Å². The lowest BCUT2D eigenvalue weighted by Crippen LogP contribution is -2.54. The molecule has 0 aliphatic heterocycles. The molecular formula is C34H44N4O4S. The zero-order valence-corrected chi connectivity index (χ0v) is 26.5. The molecule has 0 saturated carbocycles. The Labute approximate surface area is 259 Å². The summed E-state index contributed by atoms with van der Waals surface area (Å²) in [5, 5.41) is 20.5. The molecule has 3 aromatic rings. The van der Waals surface area contributed by atoms with Crippen LogP contribution in [0.1, 0.15) is 41.7 Å². The van der Waals surface area contributed by atoms with E-state index in [9.17, 15) is 19.5 Å². The molecule has 4 N–H and O–H groups in total. The number of para-hydroxylation sites is 1. The van der Waals surface area contributed by atoms with Gasteiger partial charge in [-0.25, -0.2) is 0 Å². The third kappa shape index (κ3) is 10.8. The van der Waals surface area contributed by atoms with E-state index in [0.29, 0.717) is 6.54 Å². The molecule has 3 rings (SSSR count). The summed E-state index contributed by atoms with van der Waals surface area (Å²) >= 11 is 1.50. The minimum atomic E-state index is -1.55. The Hall–Kier alpha value is -3.82. The van der Waals surface area contributed by atoms with E-state index >= 15 is 0 Å². The Bertz CT molecular complexity index is 1350. The molecule has 0 saturated heterocycles. The summed E-state index contributed by atoms with van der Waals surface area (Å²) in [7, 11) is 0. The van der Waals surface area contributed by atoms with Crippen molar-refractivity contribution in [1.29, 1.82) is 0 Å². The zero-order valence-electron chi connectivity index (χ0n) is 25.7. The van der Waals surface area contributed by atoms with Gasteiger partial charge in [0.1, 0.15) is 6.54 Å². The summed E-state index contributed by atoms with van der Waals surface area (Å²) in [5.74, 6) is -1.06. The fourth-order valence-corrected chi connectivity index (χ4v) is 5.34. The number of hydrogen-bond acceptors (Lipinski definition) is 6. The molecule has 0 radical (unpaired) electrons. The van der Waals surface area contributed by atoms with Crippen LogP contribution in [0.5, 0.6) is 0 Å². The van der Waals surface area contributed by atoms with Crippen molar-refractivity contribution < 1.29 is 19.5 Å². The van der Waals surface area contributed by atoms with E-state index in [0.717, 1.165) is 33.5 Å². The first-order valence-electron chi connectivity index (χ1n) is 14.6. The zero-order chi connectivity index (χ0) is 31.4. The van der Waals surface area contributed by atoms with Crippen molar-refractivity contribution in [3.05, 3.63) is 101 Å². The second-order valence-electron chi connectivity index (χ2n) is 11.0. The SMILES string of the molecule is Cc1ccccc1CNC(=O)CN(CSC(C)C)C(=O)[C@@H](O)[C@H](Cc1ccccc1)NC(=O)CNc1c(C)cccc1C. The largest absolute Gasteiger partial charge is 0.381 e. The molecule has 0 bridgehead atoms. The number of carbonyl (C=O) groups excluding carboxylic acids is 3. The fourth-order valence-electron chi connectivity index (χ4n) is 4.65. The monoisotopic (exact) mass is 604 g/mol. The van der Waals surface area contributed by atoms with Crippen LogP contribution in [0, 0.1) is 20.8 Å². The van der Waals surface area contributed by atoms with Gasteiger partial charge in [0.15, 0.2) is 6.10 Å². The Morgan fingerprint density at radius 2 is 1.47 bits per heavy atom. The molecule has 0 aliphatic rings. The summed E-state index contributed by atoms with van der Waals surface area (Å²) in [6, 6.07) is 22.2. The van der Waals surface area contributed by atoms with Crippen molar-refractivity contribution >= 4 is 35.2 Å². The molecule has 43 heavy (non-hydrogen) atoms. The first kappa shape index (κ1) is 33.7. The van der Waals surface area contributed by atoms with Crippen LogP contribution in [0.25, 0.3) is 0 Å². The van der Waals surface area contributed by atoms with Crippen LogP contribution >= 0.6 is 11.8 Å². The van der Waals surface area contributed by atoms with Crippen LogP contribution < -0.4 is 16.0 Å². The molecule has 0 fully saturated rings. The number of aliphatic hydroxyl groups is 1. The smallest absolute Gasteiger partial charge is 0.254 e. The highest BCUT2D eigenvalue weighted by molar-refractivity contribution is 7.99. The predicted octanol–water partition coefficient (Wildman–Crippen LogP) is 4.36. The Morgan fingerprint density at radius 3 is 2.12 bits per heavy atom. The quantitative estimate of drug-likeness (QED) is 0.192. The number of carbonyl (C=O) groups is 3. The average molecular weight is 605 g/mol. The number of anilines is 1. The van der Waals surface area contributed by atoms with E-state index in [-0.39, 0.29) is 42.5 Å². The van der Waals surface area contributed by atoms with Crippen molar-refractivity contribution in [2.75, 3.05) is 24.3 Å². The summed E-state index contributed by atoms with van der Waals surface area (Å²) in [4.78, 5) is 41.1. The lowest BCUT2D eigenvalue weighted by atomic mass is 10.00. The maximum atomic E-state index is 13.7.